The van der Waals surface area contributed by atoms with Crippen LogP contribution >= 0.6 is 0 Å². The van der Waals surface area contributed by atoms with Crippen LogP contribution in [0.15, 0.2) is 18.2 Å². The van der Waals surface area contributed by atoms with Crippen molar-refractivity contribution in [3.8, 4) is 18.1 Å². The molecule has 0 saturated carbocycles. The van der Waals surface area contributed by atoms with Crippen LogP contribution in [0.2, 0.25) is 0 Å². The summed E-state index contributed by atoms with van der Waals surface area (Å²) in [6, 6.07) is 3.96. The molecule has 13 heavy (non-hydrogen) atoms. The van der Waals surface area contributed by atoms with Gasteiger partial charge in [-0.2, -0.15) is 0 Å². The Hall–Kier alpha value is -1.82. The van der Waals surface area contributed by atoms with E-state index in [9.17, 15) is 9.18 Å². The Morgan fingerprint density at radius 3 is 2.92 bits per heavy atom. The number of benzene rings is 1. The van der Waals surface area contributed by atoms with Crippen LogP contribution in [-0.4, -0.2) is 12.9 Å². The van der Waals surface area contributed by atoms with Crippen molar-refractivity contribution >= 4 is 6.29 Å². The van der Waals surface area contributed by atoms with Gasteiger partial charge in [0, 0.05) is 6.07 Å². The molecule has 0 aliphatic carbocycles. The van der Waals surface area contributed by atoms with Crippen LogP contribution in [0.3, 0.4) is 0 Å². The molecule has 0 amide bonds. The number of hydrogen-bond donors (Lipinski definition) is 0. The van der Waals surface area contributed by atoms with Crippen LogP contribution in [0.4, 0.5) is 4.39 Å². The first kappa shape index (κ1) is 9.27. The molecular weight excluding hydrogens is 171 g/mol. The van der Waals surface area contributed by atoms with Gasteiger partial charge >= 0.3 is 0 Å². The molecular formula is C10H7FO2. The summed E-state index contributed by atoms with van der Waals surface area (Å²) >= 11 is 0. The summed E-state index contributed by atoms with van der Waals surface area (Å²) in [7, 11) is 0. The molecule has 0 atom stereocenters. The summed E-state index contributed by atoms with van der Waals surface area (Å²) < 4.78 is 17.9. The summed E-state index contributed by atoms with van der Waals surface area (Å²) in [6.45, 7) is 0.0832. The van der Waals surface area contributed by atoms with E-state index in [1.807, 2.05) is 0 Å². The number of carbonyl (C=O) groups is 1. The molecule has 1 aromatic carbocycles. The van der Waals surface area contributed by atoms with E-state index in [1.54, 1.807) is 0 Å². The maximum absolute atomic E-state index is 12.9. The predicted molar refractivity (Wildman–Crippen MR) is 46.1 cm³/mol. The van der Waals surface area contributed by atoms with E-state index < -0.39 is 5.82 Å². The number of carbonyl (C=O) groups excluding carboxylic acids is 1. The molecule has 66 valence electrons. The van der Waals surface area contributed by atoms with Crippen molar-refractivity contribution in [1.29, 1.82) is 0 Å². The van der Waals surface area contributed by atoms with Gasteiger partial charge in [-0.05, 0) is 12.1 Å². The fraction of sp³-hybridized carbons (Fsp3) is 0.100. The number of aldehydes is 1. The minimum atomic E-state index is -0.607. The van der Waals surface area contributed by atoms with Crippen LogP contribution in [0.25, 0.3) is 0 Å². The molecule has 0 bridgehead atoms. The SMILES string of the molecule is C#CCOc1ccc(C=O)c(F)c1. The topological polar surface area (TPSA) is 26.3 Å². The van der Waals surface area contributed by atoms with Crippen LogP contribution in [0.5, 0.6) is 5.75 Å². The lowest BCUT2D eigenvalue weighted by Gasteiger charge is -2.02. The standard InChI is InChI=1S/C10H7FO2/c1-2-5-13-9-4-3-8(7-12)10(11)6-9/h1,3-4,6-7H,5H2. The normalized spacial score (nSPS) is 8.92. The third-order valence-corrected chi connectivity index (χ3v) is 1.42. The average Bonchev–Trinajstić information content (AvgIpc) is 2.15. The first-order chi connectivity index (χ1) is 6.27. The Bertz CT molecular complexity index is 352. The number of halogens is 1. The fourth-order valence-corrected chi connectivity index (χ4v) is 0.818. The van der Waals surface area contributed by atoms with Gasteiger partial charge in [-0.1, -0.05) is 5.92 Å². The van der Waals surface area contributed by atoms with Gasteiger partial charge in [0.05, 0.1) is 5.56 Å². The van der Waals surface area contributed by atoms with E-state index in [4.69, 9.17) is 11.2 Å². The summed E-state index contributed by atoms with van der Waals surface area (Å²) in [4.78, 5) is 10.2. The van der Waals surface area contributed by atoms with Crippen molar-refractivity contribution in [2.75, 3.05) is 6.61 Å². The third kappa shape index (κ3) is 2.31. The van der Waals surface area contributed by atoms with E-state index >= 15 is 0 Å². The molecule has 0 radical (unpaired) electrons. The van der Waals surface area contributed by atoms with Crippen molar-refractivity contribution < 1.29 is 13.9 Å². The maximum Gasteiger partial charge on any atom is 0.152 e. The van der Waals surface area contributed by atoms with Gasteiger partial charge in [-0.25, -0.2) is 4.39 Å². The van der Waals surface area contributed by atoms with E-state index in [2.05, 4.69) is 5.92 Å². The van der Waals surface area contributed by atoms with Crippen molar-refractivity contribution in [2.24, 2.45) is 0 Å². The summed E-state index contributed by atoms with van der Waals surface area (Å²) in [5, 5.41) is 0. The van der Waals surface area contributed by atoms with Gasteiger partial charge < -0.3 is 4.74 Å². The smallest absolute Gasteiger partial charge is 0.152 e. The molecule has 0 aromatic heterocycles. The molecule has 2 nitrogen and oxygen atoms in total. The lowest BCUT2D eigenvalue weighted by Crippen LogP contribution is -1.95. The zero-order chi connectivity index (χ0) is 9.68. The third-order valence-electron chi connectivity index (χ3n) is 1.42. The molecule has 1 rings (SSSR count). The highest BCUT2D eigenvalue weighted by atomic mass is 19.1. The van der Waals surface area contributed by atoms with E-state index in [0.29, 0.717) is 12.0 Å². The maximum atomic E-state index is 12.9. The predicted octanol–water partition coefficient (Wildman–Crippen LogP) is 1.65. The van der Waals surface area contributed by atoms with Crippen molar-refractivity contribution in [2.45, 2.75) is 0 Å². The van der Waals surface area contributed by atoms with Crippen LogP contribution in [0.1, 0.15) is 10.4 Å². The highest BCUT2D eigenvalue weighted by Gasteiger charge is 2.01. The van der Waals surface area contributed by atoms with Crippen LogP contribution in [0, 0.1) is 18.2 Å². The first-order valence-corrected chi connectivity index (χ1v) is 3.59. The quantitative estimate of drug-likeness (QED) is 0.519. The molecule has 0 unspecified atom stereocenters. The van der Waals surface area contributed by atoms with Gasteiger partial charge in [-0.3, -0.25) is 4.79 Å². The lowest BCUT2D eigenvalue weighted by molar-refractivity contribution is 0.112. The van der Waals surface area contributed by atoms with E-state index in [0.717, 1.165) is 6.07 Å². The molecule has 0 fully saturated rings. The summed E-state index contributed by atoms with van der Waals surface area (Å²) in [5.74, 6) is 1.96. The van der Waals surface area contributed by atoms with Crippen LogP contribution < -0.4 is 4.74 Å². The molecule has 0 N–H and O–H groups in total. The molecule has 0 aliphatic rings. The lowest BCUT2D eigenvalue weighted by atomic mass is 10.2. The molecule has 1 aromatic rings. The minimum absolute atomic E-state index is 0.00746. The Labute approximate surface area is 75.3 Å². The Kier molecular flexibility index (Phi) is 3.04. The molecule has 3 heteroatoms. The number of rotatable bonds is 3. The van der Waals surface area contributed by atoms with Gasteiger partial charge in [-0.15, -0.1) is 6.42 Å². The highest BCUT2D eigenvalue weighted by Crippen LogP contribution is 2.14. The second-order valence-corrected chi connectivity index (χ2v) is 2.29. The zero-order valence-corrected chi connectivity index (χ0v) is 6.79. The Morgan fingerprint density at radius 2 is 2.38 bits per heavy atom. The average molecular weight is 178 g/mol. The minimum Gasteiger partial charge on any atom is -0.481 e. The zero-order valence-electron chi connectivity index (χ0n) is 6.79. The molecule has 0 aliphatic heterocycles. The van der Waals surface area contributed by atoms with E-state index in [-0.39, 0.29) is 12.2 Å². The van der Waals surface area contributed by atoms with Crippen LogP contribution in [-0.2, 0) is 0 Å². The monoisotopic (exact) mass is 178 g/mol. The van der Waals surface area contributed by atoms with Gasteiger partial charge in [0.1, 0.15) is 18.2 Å². The van der Waals surface area contributed by atoms with Crippen molar-refractivity contribution in [3.63, 3.8) is 0 Å². The summed E-state index contributed by atoms with van der Waals surface area (Å²) in [5.41, 5.74) is 0.00746. The molecule has 0 saturated heterocycles. The Balaban J connectivity index is 2.84. The van der Waals surface area contributed by atoms with Gasteiger partial charge in [0.15, 0.2) is 6.29 Å². The highest BCUT2D eigenvalue weighted by molar-refractivity contribution is 5.75. The molecule has 0 heterocycles. The number of ether oxygens (including phenoxy) is 1. The van der Waals surface area contributed by atoms with Gasteiger partial charge in [0.2, 0.25) is 0 Å². The van der Waals surface area contributed by atoms with E-state index in [1.165, 1.54) is 12.1 Å². The summed E-state index contributed by atoms with van der Waals surface area (Å²) in [6.07, 6.45) is 5.39. The largest absolute Gasteiger partial charge is 0.481 e. The second-order valence-electron chi connectivity index (χ2n) is 2.29. The second kappa shape index (κ2) is 4.27. The fourth-order valence-electron chi connectivity index (χ4n) is 0.818. The van der Waals surface area contributed by atoms with Gasteiger partial charge in [0.25, 0.3) is 0 Å². The number of hydrogen-bond acceptors (Lipinski definition) is 2. The first-order valence-electron chi connectivity index (χ1n) is 3.59. The molecule has 0 spiro atoms. The van der Waals surface area contributed by atoms with Crippen molar-refractivity contribution in [3.05, 3.63) is 29.6 Å². The Morgan fingerprint density at radius 1 is 1.62 bits per heavy atom. The number of terminal acetylenes is 1. The van der Waals surface area contributed by atoms with Crippen molar-refractivity contribution in [1.82, 2.24) is 0 Å².